The van der Waals surface area contributed by atoms with E-state index in [-0.39, 0.29) is 25.7 Å². The topological polar surface area (TPSA) is 237 Å². The van der Waals surface area contributed by atoms with Crippen molar-refractivity contribution in [2.24, 2.45) is 11.8 Å². The summed E-state index contributed by atoms with van der Waals surface area (Å²) in [7, 11) is -9.86. The van der Waals surface area contributed by atoms with Crippen LogP contribution in [0.15, 0.2) is 0 Å². The summed E-state index contributed by atoms with van der Waals surface area (Å²) in [6.07, 6.45) is 37.1. The van der Waals surface area contributed by atoms with Gasteiger partial charge < -0.3 is 33.8 Å². The first-order chi connectivity index (χ1) is 38.9. The summed E-state index contributed by atoms with van der Waals surface area (Å²) >= 11 is 0. The van der Waals surface area contributed by atoms with Crippen LogP contribution in [0.3, 0.4) is 0 Å². The summed E-state index contributed by atoms with van der Waals surface area (Å²) in [6, 6.07) is 0. The van der Waals surface area contributed by atoms with Gasteiger partial charge in [0.05, 0.1) is 26.4 Å². The predicted octanol–water partition coefficient (Wildman–Crippen LogP) is 16.9. The Kier molecular flexibility index (Phi) is 53.4. The molecule has 19 heteroatoms. The molecule has 17 nitrogen and oxygen atoms in total. The zero-order valence-electron chi connectivity index (χ0n) is 52.1. The van der Waals surface area contributed by atoms with E-state index in [1.54, 1.807) is 0 Å². The van der Waals surface area contributed by atoms with E-state index in [2.05, 4.69) is 41.5 Å². The maximum absolute atomic E-state index is 13.0. The van der Waals surface area contributed by atoms with Crippen LogP contribution < -0.4 is 0 Å². The molecule has 0 saturated carbocycles. The molecule has 0 saturated heterocycles. The number of hydrogen-bond acceptors (Lipinski definition) is 15. The number of rotatable bonds is 61. The van der Waals surface area contributed by atoms with E-state index in [0.29, 0.717) is 25.7 Å². The van der Waals surface area contributed by atoms with Crippen molar-refractivity contribution in [1.82, 2.24) is 0 Å². The molecule has 0 aromatic rings. The lowest BCUT2D eigenvalue weighted by molar-refractivity contribution is -0.161. The molecule has 0 amide bonds. The van der Waals surface area contributed by atoms with Gasteiger partial charge in [0, 0.05) is 25.7 Å². The third-order valence-electron chi connectivity index (χ3n) is 14.2. The second-order valence-electron chi connectivity index (χ2n) is 23.4. The van der Waals surface area contributed by atoms with Gasteiger partial charge in [0.2, 0.25) is 0 Å². The molecule has 0 bridgehead atoms. The van der Waals surface area contributed by atoms with Crippen LogP contribution in [0.2, 0.25) is 0 Å². The van der Waals surface area contributed by atoms with Crippen LogP contribution in [0.1, 0.15) is 305 Å². The van der Waals surface area contributed by atoms with Crippen LogP contribution in [-0.4, -0.2) is 96.7 Å². The van der Waals surface area contributed by atoms with E-state index in [9.17, 15) is 43.2 Å². The summed E-state index contributed by atoms with van der Waals surface area (Å²) in [6.45, 7) is 9.31. The lowest BCUT2D eigenvalue weighted by Gasteiger charge is -2.21. The van der Waals surface area contributed by atoms with Gasteiger partial charge in [0.15, 0.2) is 12.2 Å². The first-order valence-electron chi connectivity index (χ1n) is 32.5. The Labute approximate surface area is 492 Å². The summed E-state index contributed by atoms with van der Waals surface area (Å²) in [4.78, 5) is 71.6. The number of aliphatic hydroxyl groups excluding tert-OH is 1. The van der Waals surface area contributed by atoms with Crippen molar-refractivity contribution in [3.8, 4) is 0 Å². The van der Waals surface area contributed by atoms with Gasteiger partial charge in [0.25, 0.3) is 0 Å². The zero-order valence-corrected chi connectivity index (χ0v) is 53.9. The fourth-order valence-electron chi connectivity index (χ4n) is 9.18. The number of carbonyl (C=O) groups excluding carboxylic acids is 4. The Bertz CT molecular complexity index is 1600. The molecule has 3 N–H and O–H groups in total. The first kappa shape index (κ1) is 79.1. The average Bonchev–Trinajstić information content (AvgIpc) is 3.42. The highest BCUT2D eigenvalue weighted by atomic mass is 31.2. The molecule has 0 aromatic carbocycles. The van der Waals surface area contributed by atoms with Gasteiger partial charge in [-0.15, -0.1) is 0 Å². The minimum absolute atomic E-state index is 0.0986. The summed E-state index contributed by atoms with van der Waals surface area (Å²) in [5, 5.41) is 10.5. The second kappa shape index (κ2) is 54.7. The number of phosphoric acid groups is 2. The highest BCUT2D eigenvalue weighted by molar-refractivity contribution is 7.47. The quantitative estimate of drug-likeness (QED) is 0.0222. The van der Waals surface area contributed by atoms with Gasteiger partial charge in [0.1, 0.15) is 19.3 Å². The molecule has 0 aliphatic carbocycles. The standard InChI is InChI=1S/C62H120O17P2/c1-7-9-11-30-38-44-59(64)72-50-57(78-61(66)46-40-31-12-10-8-2)52-76-80(68,69)74-48-56(63)49-75-81(70,71)77-53-58(51-73-60(65)45-39-34-28-25-21-23-27-33-37-43-55(5)6)79-62(67)47-41-35-29-24-20-18-16-14-13-15-17-19-22-26-32-36-42-54(3)4/h54-58,63H,7-53H2,1-6H3,(H,68,69)(H,70,71)/t56-,57+,58+/m0/s1. The molecule has 0 heterocycles. The number of unbranched alkanes of at least 4 members (excludes halogenated alkanes) is 31. The van der Waals surface area contributed by atoms with Crippen LogP contribution >= 0.6 is 15.6 Å². The number of phosphoric ester groups is 2. The van der Waals surface area contributed by atoms with Crippen LogP contribution in [0.5, 0.6) is 0 Å². The Hall–Kier alpha value is -1.94. The van der Waals surface area contributed by atoms with Crippen molar-refractivity contribution >= 4 is 39.5 Å². The van der Waals surface area contributed by atoms with Crippen LogP contribution in [0.4, 0.5) is 0 Å². The third kappa shape index (κ3) is 56.9. The van der Waals surface area contributed by atoms with Crippen molar-refractivity contribution in [3.05, 3.63) is 0 Å². The van der Waals surface area contributed by atoms with Crippen LogP contribution in [0.25, 0.3) is 0 Å². The van der Waals surface area contributed by atoms with Crippen LogP contribution in [-0.2, 0) is 65.4 Å². The van der Waals surface area contributed by atoms with Crippen molar-refractivity contribution < 1.29 is 80.2 Å². The molecule has 81 heavy (non-hydrogen) atoms. The minimum atomic E-state index is -4.94. The van der Waals surface area contributed by atoms with E-state index in [1.807, 2.05) is 0 Å². The Morgan fingerprint density at radius 1 is 0.333 bits per heavy atom. The molecule has 0 fully saturated rings. The van der Waals surface area contributed by atoms with E-state index in [1.165, 1.54) is 116 Å². The fraction of sp³-hybridized carbons (Fsp3) is 0.935. The Balaban J connectivity index is 5.07. The molecule has 0 radical (unpaired) electrons. The van der Waals surface area contributed by atoms with E-state index >= 15 is 0 Å². The normalized spacial score (nSPS) is 14.4. The van der Waals surface area contributed by atoms with Gasteiger partial charge in [-0.25, -0.2) is 9.13 Å². The maximum Gasteiger partial charge on any atom is 0.472 e. The lowest BCUT2D eigenvalue weighted by atomic mass is 10.0. The second-order valence-corrected chi connectivity index (χ2v) is 26.3. The molecule has 5 atom stereocenters. The van der Waals surface area contributed by atoms with E-state index in [4.69, 9.17) is 37.0 Å². The van der Waals surface area contributed by atoms with E-state index in [0.717, 1.165) is 108 Å². The van der Waals surface area contributed by atoms with Crippen molar-refractivity contribution in [1.29, 1.82) is 0 Å². The van der Waals surface area contributed by atoms with Gasteiger partial charge in [-0.3, -0.25) is 37.3 Å². The Morgan fingerprint density at radius 2 is 0.568 bits per heavy atom. The third-order valence-corrected chi connectivity index (χ3v) is 16.1. The van der Waals surface area contributed by atoms with Gasteiger partial charge >= 0.3 is 39.5 Å². The SMILES string of the molecule is CCCCCCCC(=O)OC[C@H](COP(=O)(O)OC[C@H](O)COP(=O)(O)OC[C@@H](COC(=O)CCCCCCCCCCCC(C)C)OC(=O)CCCCCCCCCCCCCCCCCCC(C)C)OC(=O)CCCCCCC. The minimum Gasteiger partial charge on any atom is -0.462 e. The first-order valence-corrected chi connectivity index (χ1v) is 35.5. The molecule has 0 rings (SSSR count). The highest BCUT2D eigenvalue weighted by Gasteiger charge is 2.30. The number of ether oxygens (including phenoxy) is 4. The zero-order chi connectivity index (χ0) is 60.1. The molecular formula is C62H120O17P2. The molecule has 2 unspecified atom stereocenters. The highest BCUT2D eigenvalue weighted by Crippen LogP contribution is 2.45. The monoisotopic (exact) mass is 1200 g/mol. The molecule has 0 aliphatic heterocycles. The molecule has 480 valence electrons. The Morgan fingerprint density at radius 3 is 0.840 bits per heavy atom. The fourth-order valence-corrected chi connectivity index (χ4v) is 10.8. The van der Waals surface area contributed by atoms with Crippen molar-refractivity contribution in [2.75, 3.05) is 39.6 Å². The van der Waals surface area contributed by atoms with Crippen molar-refractivity contribution in [3.63, 3.8) is 0 Å². The van der Waals surface area contributed by atoms with E-state index < -0.39 is 97.5 Å². The molecule has 0 aliphatic rings. The summed E-state index contributed by atoms with van der Waals surface area (Å²) in [5.41, 5.74) is 0. The molecule has 0 spiro atoms. The van der Waals surface area contributed by atoms with Crippen LogP contribution in [0, 0.1) is 11.8 Å². The lowest BCUT2D eigenvalue weighted by Crippen LogP contribution is -2.30. The largest absolute Gasteiger partial charge is 0.472 e. The average molecular weight is 1200 g/mol. The predicted molar refractivity (Wildman–Crippen MR) is 321 cm³/mol. The molecular weight excluding hydrogens is 1080 g/mol. The van der Waals surface area contributed by atoms with Gasteiger partial charge in [-0.2, -0.15) is 0 Å². The molecule has 0 aromatic heterocycles. The maximum atomic E-state index is 13.0. The smallest absolute Gasteiger partial charge is 0.462 e. The number of esters is 4. The van der Waals surface area contributed by atoms with Gasteiger partial charge in [-0.1, -0.05) is 253 Å². The number of aliphatic hydroxyl groups is 1. The summed E-state index contributed by atoms with van der Waals surface area (Å²) < 4.78 is 67.5. The number of carbonyl (C=O) groups is 4. The van der Waals surface area contributed by atoms with Gasteiger partial charge in [-0.05, 0) is 37.5 Å². The van der Waals surface area contributed by atoms with Crippen molar-refractivity contribution in [2.45, 2.75) is 323 Å². The summed E-state index contributed by atoms with van der Waals surface area (Å²) in [5.74, 6) is -0.606. The number of hydrogen-bond donors (Lipinski definition) is 3.